The van der Waals surface area contributed by atoms with Crippen LogP contribution in [0.5, 0.6) is 0 Å². The normalized spacial score (nSPS) is 15.8. The minimum Gasteiger partial charge on any atom is -0.469 e. The number of esters is 2. The molecule has 12 nitrogen and oxygen atoms in total. The van der Waals surface area contributed by atoms with Crippen molar-refractivity contribution in [2.75, 3.05) is 26.6 Å². The Hall–Kier alpha value is -5.26. The zero-order chi connectivity index (χ0) is 53.6. The predicted octanol–water partition coefficient (Wildman–Crippen LogP) is 11.7. The molecule has 0 bridgehead atoms. The highest BCUT2D eigenvalue weighted by atomic mass is 35.5. The number of carbonyl (C=O) groups excluding carboxylic acids is 3. The molecule has 7 rings (SSSR count). The molecule has 398 valence electrons. The number of hydrogen-bond acceptors (Lipinski definition) is 12. The van der Waals surface area contributed by atoms with Crippen LogP contribution in [0.25, 0.3) is 0 Å². The molecule has 3 atom stereocenters. The third-order valence-electron chi connectivity index (χ3n) is 11.0. The number of methoxy groups -OCH3 is 2. The number of nitrogens with two attached hydrogens (primary N) is 1. The number of nitrogens with one attached hydrogen (secondary N) is 2. The van der Waals surface area contributed by atoms with Crippen LogP contribution in [-0.2, 0) is 60.1 Å². The quantitative estimate of drug-likeness (QED) is 0.0425. The van der Waals surface area contributed by atoms with Gasteiger partial charge in [-0.1, -0.05) is 37.0 Å². The summed E-state index contributed by atoms with van der Waals surface area (Å²) in [6.45, 7) is 0. The van der Waals surface area contributed by atoms with Crippen molar-refractivity contribution < 1.29 is 64.1 Å². The Morgan fingerprint density at radius 1 is 0.753 bits per heavy atom. The number of aliphatic hydroxyl groups is 1. The maximum absolute atomic E-state index is 14.5. The van der Waals surface area contributed by atoms with Crippen LogP contribution in [0.3, 0.4) is 0 Å². The van der Waals surface area contributed by atoms with Crippen molar-refractivity contribution in [3.8, 4) is 0 Å². The van der Waals surface area contributed by atoms with Gasteiger partial charge in [-0.2, -0.15) is 26.3 Å². The van der Waals surface area contributed by atoms with E-state index in [2.05, 4.69) is 30.3 Å². The van der Waals surface area contributed by atoms with E-state index >= 15 is 0 Å². The number of ether oxygens (including phenoxy) is 2. The Kier molecular flexibility index (Phi) is 23.2. The van der Waals surface area contributed by atoms with E-state index in [4.69, 9.17) is 62.6 Å². The first-order valence-electron chi connectivity index (χ1n) is 21.5. The topological polar surface area (TPSA) is 179 Å². The van der Waals surface area contributed by atoms with Crippen molar-refractivity contribution >= 4 is 86.3 Å². The van der Waals surface area contributed by atoms with Gasteiger partial charge < -0.3 is 30.9 Å². The van der Waals surface area contributed by atoms with E-state index in [1.165, 1.54) is 48.0 Å². The number of alkyl halides is 7. The van der Waals surface area contributed by atoms with Gasteiger partial charge in [0, 0.05) is 30.8 Å². The van der Waals surface area contributed by atoms with E-state index < -0.39 is 71.0 Å². The molecule has 0 aliphatic heterocycles. The smallest absolute Gasteiger partial charge is 0.416 e. The van der Waals surface area contributed by atoms with Crippen LogP contribution in [0.15, 0.2) is 73.1 Å². The van der Waals surface area contributed by atoms with Crippen LogP contribution in [0, 0.1) is 11.6 Å². The van der Waals surface area contributed by atoms with Crippen LogP contribution < -0.4 is 16.4 Å². The molecule has 5 aromatic rings. The summed E-state index contributed by atoms with van der Waals surface area (Å²) in [4.78, 5) is 49.3. The number of aromatic nitrogens is 3. The summed E-state index contributed by atoms with van der Waals surface area (Å²) in [7, 11) is 3.26. The monoisotopic (exact) mass is 1130 g/mol. The summed E-state index contributed by atoms with van der Waals surface area (Å²) < 4.78 is 118. The number of carbonyl (C=O) groups is 3. The molecule has 5 N–H and O–H groups in total. The first-order chi connectivity index (χ1) is 33.9. The number of ketones is 1. The summed E-state index contributed by atoms with van der Waals surface area (Å²) in [5.41, 5.74) is 0.271. The van der Waals surface area contributed by atoms with Gasteiger partial charge in [0.25, 0.3) is 0 Å². The molecule has 0 radical (unpaired) electrons. The molecule has 1 unspecified atom stereocenters. The second-order valence-electron chi connectivity index (χ2n) is 15.9. The summed E-state index contributed by atoms with van der Waals surface area (Å²) in [6, 6.07) is 9.76. The number of Topliss-reactive ketones (excluding diaryl/α,β-unsaturated/α-hetero) is 1. The molecule has 0 spiro atoms. The number of hydrogen-bond donors (Lipinski definition) is 4. The maximum atomic E-state index is 14.5. The first-order valence-corrected chi connectivity index (χ1v) is 23.9. The number of anilines is 1. The molecular weight excluding hydrogens is 1080 g/mol. The molecule has 25 heteroatoms. The Morgan fingerprint density at radius 3 is 1.62 bits per heavy atom. The van der Waals surface area contributed by atoms with E-state index in [1.54, 1.807) is 0 Å². The highest BCUT2D eigenvalue weighted by Gasteiger charge is 2.44. The summed E-state index contributed by atoms with van der Waals surface area (Å²) in [5.74, 6) is -3.59. The van der Waals surface area contributed by atoms with Crippen molar-refractivity contribution in [3.63, 3.8) is 0 Å². The Morgan fingerprint density at radius 2 is 1.21 bits per heavy atom. The number of thiocarbonyl (C=S) groups is 1. The number of aliphatic hydroxyl groups excluding tert-OH is 1. The third kappa shape index (κ3) is 16.9. The summed E-state index contributed by atoms with van der Waals surface area (Å²) >= 11 is 23.6. The predicted molar refractivity (Wildman–Crippen MR) is 266 cm³/mol. The zero-order valence-corrected chi connectivity index (χ0v) is 42.4. The lowest BCUT2D eigenvalue weighted by Crippen LogP contribution is -2.51. The van der Waals surface area contributed by atoms with Crippen molar-refractivity contribution in [2.24, 2.45) is 5.73 Å². The van der Waals surface area contributed by atoms with Crippen LogP contribution in [0.1, 0.15) is 103 Å². The highest BCUT2D eigenvalue weighted by Crippen LogP contribution is 2.43. The van der Waals surface area contributed by atoms with Gasteiger partial charge in [0.15, 0.2) is 16.0 Å². The van der Waals surface area contributed by atoms with Gasteiger partial charge in [0.05, 0.1) is 70.7 Å². The van der Waals surface area contributed by atoms with Gasteiger partial charge in [0.2, 0.25) is 0 Å². The Bertz CT molecular complexity index is 2640. The maximum Gasteiger partial charge on any atom is 0.416 e. The average Bonchev–Trinajstić information content (AvgIpc) is 3.74. The molecule has 0 amide bonds. The lowest BCUT2D eigenvalue weighted by atomic mass is 9.82. The third-order valence-corrected chi connectivity index (χ3v) is 13.1. The Balaban J connectivity index is 0.000000324. The molecule has 2 aliphatic rings. The van der Waals surface area contributed by atoms with Crippen molar-refractivity contribution in [1.29, 1.82) is 0 Å². The molecule has 3 heterocycles. The van der Waals surface area contributed by atoms with Gasteiger partial charge in [0.1, 0.15) is 22.7 Å². The number of pyridine rings is 2. The lowest BCUT2D eigenvalue weighted by Gasteiger charge is -2.34. The van der Waals surface area contributed by atoms with Gasteiger partial charge in [-0.3, -0.25) is 24.4 Å². The van der Waals surface area contributed by atoms with Crippen LogP contribution in [-0.4, -0.2) is 69.6 Å². The molecule has 73 heavy (non-hydrogen) atoms. The molecule has 2 aromatic carbocycles. The van der Waals surface area contributed by atoms with E-state index in [-0.39, 0.29) is 56.3 Å². The van der Waals surface area contributed by atoms with E-state index in [1.807, 2.05) is 0 Å². The number of fused-ring (bicyclic) bond motifs is 1. The number of benzene rings is 2. The first kappa shape index (κ1) is 62.0. The van der Waals surface area contributed by atoms with E-state index in [0.717, 1.165) is 95.0 Å². The largest absolute Gasteiger partial charge is 0.469 e. The van der Waals surface area contributed by atoms with Gasteiger partial charge in [-0.15, -0.1) is 22.9 Å². The fraction of sp³-hybridized carbons (Fsp3) is 0.396. The fourth-order valence-electron chi connectivity index (χ4n) is 7.61. The van der Waals surface area contributed by atoms with Crippen LogP contribution in [0.2, 0.25) is 10.0 Å². The van der Waals surface area contributed by atoms with E-state index in [9.17, 15) is 49.5 Å². The van der Waals surface area contributed by atoms with Gasteiger partial charge in [-0.25, -0.2) is 13.8 Å². The minimum atomic E-state index is -4.83. The van der Waals surface area contributed by atoms with Gasteiger partial charge in [-0.05, 0) is 123 Å². The molecule has 2 aliphatic carbocycles. The van der Waals surface area contributed by atoms with Crippen molar-refractivity contribution in [1.82, 2.24) is 20.3 Å². The van der Waals surface area contributed by atoms with Crippen LogP contribution in [0.4, 0.5) is 40.3 Å². The average molecular weight is 1130 g/mol. The number of thiazole rings is 1. The minimum absolute atomic E-state index is 0. The molecule has 1 saturated carbocycles. The molecule has 3 aromatic heterocycles. The number of nitrogens with zero attached hydrogens (tertiary/aromatic N) is 3. The highest BCUT2D eigenvalue weighted by molar-refractivity contribution is 7.80. The number of aryl methyl sites for hydroxylation is 2. The fourth-order valence-corrected chi connectivity index (χ4v) is 9.40. The van der Waals surface area contributed by atoms with Crippen LogP contribution >= 0.6 is 58.4 Å². The molecule has 1 fully saturated rings. The number of rotatable bonds is 11. The SMILES string of the molecule is C.CO.COC(=O)C[C@](NC(N)=S)(c1cc(F)cc(C(F)(F)F)c1)c1ccc(Cl)cn1.COC(=O)C[C@](Nc1nc2c(s1)CCCC2)(c1cc(F)cc(C(F)(F)F)c1)c1ccc(Cl)cn1.O=C1CCCCC1Cl. The van der Waals surface area contributed by atoms with Gasteiger partial charge >= 0.3 is 24.3 Å². The van der Waals surface area contributed by atoms with Crippen molar-refractivity contribution in [2.45, 2.75) is 100 Å². The summed E-state index contributed by atoms with van der Waals surface area (Å²) in [5, 5.41) is 13.1. The molecule has 0 saturated heterocycles. The lowest BCUT2D eigenvalue weighted by molar-refractivity contribution is -0.142. The van der Waals surface area contributed by atoms with Crippen molar-refractivity contribution in [3.05, 3.63) is 139 Å². The van der Waals surface area contributed by atoms with E-state index in [0.29, 0.717) is 29.8 Å². The second kappa shape index (κ2) is 27.3. The summed E-state index contributed by atoms with van der Waals surface area (Å²) in [6.07, 6.45) is -0.761. The second-order valence-corrected chi connectivity index (χ2v) is 18.8. The standard InChI is InChI=1S/C23H20ClF4N3O2S.C17H14ClF4N3O2S.C6H9ClO.CH4O.CH4/c1-33-20(32)11-22(19-7-6-15(24)12-29-19,13-8-14(23(26,27)28)10-16(25)9-13)31-21-30-17-4-2-3-5-18(17)34-21;1-27-14(26)7-16(25-15(23)28,13-3-2-11(18)8-24-13)9-4-10(17(20,21)22)6-12(19)5-9;7-5-3-1-2-4-6(5)8;1-2;/h6-10,12H,2-5,11H2,1H3,(H,30,31);2-6,8H,7H2,1H3,(H3,23,25,28);5H,1-4H2;2H,1H3;1H4/t22-;16-;;;/m00.../s1. The Labute approximate surface area is 440 Å². The zero-order valence-electron chi connectivity index (χ0n) is 38.5. The molecular formula is C48H51Cl3F8N6O6S2. The number of halogens is 11.